The molecule has 1 aromatic rings. The summed E-state index contributed by atoms with van der Waals surface area (Å²) in [5.41, 5.74) is 5.59. The van der Waals surface area contributed by atoms with Crippen molar-refractivity contribution >= 4 is 11.6 Å². The van der Waals surface area contributed by atoms with Crippen molar-refractivity contribution in [2.24, 2.45) is 5.92 Å². The van der Waals surface area contributed by atoms with Crippen LogP contribution in [-0.2, 0) is 0 Å². The molecule has 1 fully saturated rings. The van der Waals surface area contributed by atoms with Gasteiger partial charge in [0.25, 0.3) is 0 Å². The normalized spacial score (nSPS) is 29.2. The van der Waals surface area contributed by atoms with Gasteiger partial charge in [-0.15, -0.1) is 0 Å². The molecule has 0 amide bonds. The van der Waals surface area contributed by atoms with Crippen molar-refractivity contribution in [2.45, 2.75) is 45.1 Å². The molecule has 1 saturated carbocycles. The molecule has 0 saturated heterocycles. The van der Waals surface area contributed by atoms with Gasteiger partial charge in [-0.1, -0.05) is 19.8 Å². The van der Waals surface area contributed by atoms with E-state index in [2.05, 4.69) is 22.2 Å². The molecule has 1 aromatic heterocycles. The zero-order chi connectivity index (χ0) is 12.5. The molecule has 1 aliphatic carbocycles. The molecule has 5 N–H and O–H groups in total. The largest absolute Gasteiger partial charge is 0.394 e. The number of anilines is 2. The maximum Gasteiger partial charge on any atom is 0.169 e. The Hall–Kier alpha value is -1.23. The number of aromatic nitrogens is 2. The van der Waals surface area contributed by atoms with Crippen molar-refractivity contribution < 1.29 is 5.11 Å². The third kappa shape index (κ3) is 2.54. The van der Waals surface area contributed by atoms with E-state index >= 15 is 0 Å². The Labute approximate surface area is 102 Å². The quantitative estimate of drug-likeness (QED) is 0.645. The van der Waals surface area contributed by atoms with Crippen LogP contribution < -0.4 is 11.1 Å². The van der Waals surface area contributed by atoms with E-state index in [1.54, 1.807) is 0 Å². The predicted molar refractivity (Wildman–Crippen MR) is 68.8 cm³/mol. The first kappa shape index (κ1) is 12.2. The highest BCUT2D eigenvalue weighted by molar-refractivity contribution is 5.58. The molecule has 0 radical (unpaired) electrons. The number of hydrogen-bond acceptors (Lipinski definition) is 4. The summed E-state index contributed by atoms with van der Waals surface area (Å²) in [4.78, 5) is 7.29. The third-order valence-electron chi connectivity index (χ3n) is 3.63. The topological polar surface area (TPSA) is 87.0 Å². The molecule has 0 spiro atoms. The number of rotatable bonds is 3. The fraction of sp³-hybridized carbons (Fsp3) is 0.750. The maximum atomic E-state index is 9.68. The van der Waals surface area contributed by atoms with Crippen molar-refractivity contribution in [1.29, 1.82) is 0 Å². The first-order valence-corrected chi connectivity index (χ1v) is 6.26. The molecule has 96 valence electrons. The van der Waals surface area contributed by atoms with Gasteiger partial charge in [-0.05, 0) is 25.7 Å². The average molecular weight is 238 g/mol. The van der Waals surface area contributed by atoms with E-state index in [0.717, 1.165) is 25.1 Å². The van der Waals surface area contributed by atoms with E-state index in [1.807, 2.05) is 6.92 Å². The Bertz CT molecular complexity index is 390. The Kier molecular flexibility index (Phi) is 3.28. The highest BCUT2D eigenvalue weighted by atomic mass is 16.3. The molecule has 2 atom stereocenters. The summed E-state index contributed by atoms with van der Waals surface area (Å²) in [6, 6.07) is 0. The van der Waals surface area contributed by atoms with Crippen LogP contribution in [0.1, 0.15) is 38.4 Å². The van der Waals surface area contributed by atoms with Crippen LogP contribution in [0.3, 0.4) is 0 Å². The number of nitrogens with zero attached hydrogens (tertiary/aromatic N) is 1. The molecule has 1 aliphatic rings. The fourth-order valence-corrected chi connectivity index (χ4v) is 2.81. The zero-order valence-corrected chi connectivity index (χ0v) is 10.6. The molecule has 0 aromatic carbocycles. The van der Waals surface area contributed by atoms with Crippen molar-refractivity contribution in [3.8, 4) is 0 Å². The van der Waals surface area contributed by atoms with E-state index in [0.29, 0.717) is 17.6 Å². The first-order chi connectivity index (χ1) is 8.04. The summed E-state index contributed by atoms with van der Waals surface area (Å²) in [6.45, 7) is 4.23. The monoisotopic (exact) mass is 238 g/mol. The molecule has 5 nitrogen and oxygen atoms in total. The number of nitrogens with two attached hydrogens (primary N) is 1. The summed E-state index contributed by atoms with van der Waals surface area (Å²) in [5.74, 6) is 2.64. The van der Waals surface area contributed by atoms with Crippen LogP contribution in [0.2, 0.25) is 0 Å². The van der Waals surface area contributed by atoms with Gasteiger partial charge in [0.1, 0.15) is 11.6 Å². The van der Waals surface area contributed by atoms with Crippen molar-refractivity contribution in [1.82, 2.24) is 9.97 Å². The molecule has 0 aliphatic heterocycles. The highest BCUT2D eigenvalue weighted by Crippen LogP contribution is 2.35. The molecular weight excluding hydrogens is 216 g/mol. The summed E-state index contributed by atoms with van der Waals surface area (Å²) < 4.78 is 0. The zero-order valence-electron chi connectivity index (χ0n) is 10.6. The fourth-order valence-electron chi connectivity index (χ4n) is 2.81. The van der Waals surface area contributed by atoms with Crippen molar-refractivity contribution in [3.63, 3.8) is 0 Å². The van der Waals surface area contributed by atoms with E-state index < -0.39 is 0 Å². The van der Waals surface area contributed by atoms with Crippen molar-refractivity contribution in [2.75, 3.05) is 17.7 Å². The average Bonchev–Trinajstić information content (AvgIpc) is 2.57. The van der Waals surface area contributed by atoms with Gasteiger partial charge in [0.05, 0.1) is 12.1 Å². The van der Waals surface area contributed by atoms with Crippen LogP contribution in [0.4, 0.5) is 11.6 Å². The lowest BCUT2D eigenvalue weighted by molar-refractivity contribution is 0.149. The predicted octanol–water partition coefficient (Wildman–Crippen LogP) is 1.65. The van der Waals surface area contributed by atoms with Gasteiger partial charge in [0.15, 0.2) is 5.82 Å². The summed E-state index contributed by atoms with van der Waals surface area (Å²) in [6.07, 6.45) is 4.31. The highest BCUT2D eigenvalue weighted by Gasteiger charge is 2.35. The number of H-pyrrole nitrogens is 1. The summed E-state index contributed by atoms with van der Waals surface area (Å²) >= 11 is 0. The van der Waals surface area contributed by atoms with Crippen molar-refractivity contribution in [3.05, 3.63) is 5.82 Å². The van der Waals surface area contributed by atoms with E-state index in [9.17, 15) is 5.11 Å². The second-order valence-electron chi connectivity index (χ2n) is 5.35. The van der Waals surface area contributed by atoms with Gasteiger partial charge in [-0.25, -0.2) is 4.98 Å². The van der Waals surface area contributed by atoms with Crippen LogP contribution in [-0.4, -0.2) is 27.2 Å². The van der Waals surface area contributed by atoms with E-state index in [-0.39, 0.29) is 12.1 Å². The molecule has 2 rings (SSSR count). The molecule has 0 bridgehead atoms. The number of aliphatic hydroxyl groups is 1. The minimum Gasteiger partial charge on any atom is -0.394 e. The smallest absolute Gasteiger partial charge is 0.169 e. The number of nitrogens with one attached hydrogen (secondary N) is 2. The second kappa shape index (κ2) is 4.56. The number of imidazole rings is 1. The van der Waals surface area contributed by atoms with Gasteiger partial charge in [-0.3, -0.25) is 0 Å². The lowest BCUT2D eigenvalue weighted by atomic mass is 9.77. The minimum absolute atomic E-state index is 0.128. The van der Waals surface area contributed by atoms with Crippen LogP contribution in [0.25, 0.3) is 0 Å². The number of aliphatic hydroxyl groups excluding tert-OH is 1. The van der Waals surface area contributed by atoms with Crippen LogP contribution >= 0.6 is 0 Å². The Morgan fingerprint density at radius 1 is 1.65 bits per heavy atom. The molecule has 2 unspecified atom stereocenters. The van der Waals surface area contributed by atoms with Crippen LogP contribution in [0, 0.1) is 12.8 Å². The lowest BCUT2D eigenvalue weighted by Crippen LogP contribution is -2.46. The van der Waals surface area contributed by atoms with Gasteiger partial charge in [0.2, 0.25) is 0 Å². The third-order valence-corrected chi connectivity index (χ3v) is 3.63. The van der Waals surface area contributed by atoms with Gasteiger partial charge in [-0.2, -0.15) is 0 Å². The maximum absolute atomic E-state index is 9.68. The van der Waals surface area contributed by atoms with Crippen LogP contribution in [0.5, 0.6) is 0 Å². The standard InChI is InChI=1S/C12H22N4O/c1-8-4-3-5-12(6-8,7-17)16-11-10(13)14-9(2)15-11/h8,16-17H,3-7,13H2,1-2H3,(H,14,15). The Morgan fingerprint density at radius 3 is 2.94 bits per heavy atom. The second-order valence-corrected chi connectivity index (χ2v) is 5.35. The molecule has 1 heterocycles. The van der Waals surface area contributed by atoms with E-state index in [4.69, 9.17) is 5.73 Å². The summed E-state index contributed by atoms with van der Waals surface area (Å²) in [5, 5.41) is 13.0. The number of aryl methyl sites for hydroxylation is 1. The molecular formula is C12H22N4O. The number of aromatic amines is 1. The number of nitrogen functional groups attached to an aromatic ring is 1. The lowest BCUT2D eigenvalue weighted by Gasteiger charge is -2.39. The van der Waals surface area contributed by atoms with Gasteiger partial charge >= 0.3 is 0 Å². The molecule has 17 heavy (non-hydrogen) atoms. The van der Waals surface area contributed by atoms with Gasteiger partial charge < -0.3 is 21.1 Å². The minimum atomic E-state index is -0.257. The molecule has 5 heteroatoms. The Morgan fingerprint density at radius 2 is 2.41 bits per heavy atom. The van der Waals surface area contributed by atoms with E-state index in [1.165, 1.54) is 6.42 Å². The summed E-state index contributed by atoms with van der Waals surface area (Å²) in [7, 11) is 0. The van der Waals surface area contributed by atoms with Gasteiger partial charge in [0, 0.05) is 0 Å². The number of hydrogen-bond donors (Lipinski definition) is 4. The Balaban J connectivity index is 2.16. The SMILES string of the molecule is Cc1nc(NC2(CO)CCCC(C)C2)c(N)[nH]1. The first-order valence-electron chi connectivity index (χ1n) is 6.26. The van der Waals surface area contributed by atoms with Crippen LogP contribution in [0.15, 0.2) is 0 Å².